The van der Waals surface area contributed by atoms with E-state index in [0.717, 1.165) is 13.1 Å². The minimum absolute atomic E-state index is 0.291. The molecule has 0 saturated carbocycles. The fourth-order valence-corrected chi connectivity index (χ4v) is 1.97. The van der Waals surface area contributed by atoms with E-state index in [2.05, 4.69) is 38.7 Å². The zero-order valence-corrected chi connectivity index (χ0v) is 10.0. The monoisotopic (exact) mass is 196 g/mol. The summed E-state index contributed by atoms with van der Waals surface area (Å²) >= 11 is 0. The van der Waals surface area contributed by atoms with Crippen LogP contribution in [0.2, 0.25) is 0 Å². The van der Waals surface area contributed by atoms with Crippen LogP contribution in [-0.2, 0) is 0 Å². The SMILES string of the molecule is C[C@@H](N)CN1CC=C(C(C)(C)C)CC1. The molecule has 2 nitrogen and oxygen atoms in total. The average molecular weight is 196 g/mol. The van der Waals surface area contributed by atoms with Gasteiger partial charge in [-0.15, -0.1) is 0 Å². The molecular weight excluding hydrogens is 172 g/mol. The van der Waals surface area contributed by atoms with E-state index < -0.39 is 0 Å². The van der Waals surface area contributed by atoms with Gasteiger partial charge >= 0.3 is 0 Å². The third-order valence-electron chi connectivity index (χ3n) is 2.80. The van der Waals surface area contributed by atoms with Crippen molar-refractivity contribution in [2.24, 2.45) is 11.1 Å². The molecule has 0 unspecified atom stereocenters. The van der Waals surface area contributed by atoms with Crippen molar-refractivity contribution in [3.05, 3.63) is 11.6 Å². The van der Waals surface area contributed by atoms with Gasteiger partial charge in [-0.3, -0.25) is 4.90 Å². The Bertz CT molecular complexity index is 211. The quantitative estimate of drug-likeness (QED) is 0.685. The maximum atomic E-state index is 5.78. The fraction of sp³-hybridized carbons (Fsp3) is 0.833. The second kappa shape index (κ2) is 4.45. The Balaban J connectivity index is 2.47. The van der Waals surface area contributed by atoms with Gasteiger partial charge in [0.25, 0.3) is 0 Å². The van der Waals surface area contributed by atoms with Crippen LogP contribution < -0.4 is 5.73 Å². The first-order valence-electron chi connectivity index (χ1n) is 5.57. The van der Waals surface area contributed by atoms with Gasteiger partial charge < -0.3 is 5.73 Å². The third-order valence-corrected chi connectivity index (χ3v) is 2.80. The number of nitrogens with zero attached hydrogens (tertiary/aromatic N) is 1. The second-order valence-electron chi connectivity index (χ2n) is 5.47. The molecule has 0 aromatic heterocycles. The van der Waals surface area contributed by atoms with Crippen molar-refractivity contribution < 1.29 is 0 Å². The lowest BCUT2D eigenvalue weighted by Gasteiger charge is -2.32. The Labute approximate surface area is 88.2 Å². The highest BCUT2D eigenvalue weighted by Gasteiger charge is 2.21. The van der Waals surface area contributed by atoms with E-state index in [1.165, 1.54) is 13.0 Å². The van der Waals surface area contributed by atoms with E-state index in [9.17, 15) is 0 Å². The predicted molar refractivity (Wildman–Crippen MR) is 62.2 cm³/mol. The number of rotatable bonds is 2. The van der Waals surface area contributed by atoms with Crippen LogP contribution in [0.1, 0.15) is 34.1 Å². The lowest BCUT2D eigenvalue weighted by Crippen LogP contribution is -2.39. The molecule has 0 aromatic carbocycles. The van der Waals surface area contributed by atoms with Crippen LogP contribution in [0.25, 0.3) is 0 Å². The van der Waals surface area contributed by atoms with Crippen molar-refractivity contribution in [1.29, 1.82) is 0 Å². The molecule has 1 rings (SSSR count). The van der Waals surface area contributed by atoms with E-state index in [1.807, 2.05) is 0 Å². The largest absolute Gasteiger partial charge is 0.327 e. The van der Waals surface area contributed by atoms with Gasteiger partial charge in [0, 0.05) is 25.7 Å². The van der Waals surface area contributed by atoms with Crippen LogP contribution in [-0.4, -0.2) is 30.6 Å². The minimum atomic E-state index is 0.291. The van der Waals surface area contributed by atoms with Crippen LogP contribution in [0, 0.1) is 5.41 Å². The lowest BCUT2D eigenvalue weighted by atomic mass is 9.83. The summed E-state index contributed by atoms with van der Waals surface area (Å²) in [5.41, 5.74) is 7.72. The van der Waals surface area contributed by atoms with Crippen LogP contribution in [0.3, 0.4) is 0 Å². The molecule has 0 amide bonds. The first kappa shape index (κ1) is 11.7. The molecule has 14 heavy (non-hydrogen) atoms. The number of hydrogen-bond donors (Lipinski definition) is 1. The smallest absolute Gasteiger partial charge is 0.0166 e. The zero-order valence-electron chi connectivity index (χ0n) is 10.0. The molecule has 0 aliphatic carbocycles. The van der Waals surface area contributed by atoms with Crippen molar-refractivity contribution in [2.45, 2.75) is 40.2 Å². The molecule has 0 spiro atoms. The summed E-state index contributed by atoms with van der Waals surface area (Å²) in [4.78, 5) is 2.43. The van der Waals surface area contributed by atoms with Gasteiger partial charge in [-0.05, 0) is 18.8 Å². The van der Waals surface area contributed by atoms with E-state index in [1.54, 1.807) is 5.57 Å². The van der Waals surface area contributed by atoms with Crippen LogP contribution in [0.5, 0.6) is 0 Å². The van der Waals surface area contributed by atoms with Gasteiger partial charge in [-0.25, -0.2) is 0 Å². The first-order chi connectivity index (χ1) is 6.39. The Morgan fingerprint density at radius 1 is 1.50 bits per heavy atom. The van der Waals surface area contributed by atoms with E-state index in [-0.39, 0.29) is 0 Å². The third kappa shape index (κ3) is 3.43. The van der Waals surface area contributed by atoms with Gasteiger partial charge in [-0.2, -0.15) is 0 Å². The fourth-order valence-electron chi connectivity index (χ4n) is 1.97. The predicted octanol–water partition coefficient (Wildman–Crippen LogP) is 2.01. The average Bonchev–Trinajstić information content (AvgIpc) is 2.02. The molecule has 0 aromatic rings. The summed E-state index contributed by atoms with van der Waals surface area (Å²) in [6, 6.07) is 0.291. The highest BCUT2D eigenvalue weighted by atomic mass is 15.1. The molecule has 82 valence electrons. The summed E-state index contributed by atoms with van der Waals surface area (Å²) in [7, 11) is 0. The highest BCUT2D eigenvalue weighted by molar-refractivity contribution is 5.14. The van der Waals surface area contributed by atoms with Gasteiger partial charge in [-0.1, -0.05) is 32.4 Å². The molecule has 2 heteroatoms. The van der Waals surface area contributed by atoms with E-state index in [4.69, 9.17) is 5.73 Å². The first-order valence-corrected chi connectivity index (χ1v) is 5.57. The second-order valence-corrected chi connectivity index (χ2v) is 5.47. The van der Waals surface area contributed by atoms with Gasteiger partial charge in [0.15, 0.2) is 0 Å². The maximum absolute atomic E-state index is 5.78. The van der Waals surface area contributed by atoms with Crippen LogP contribution in [0.15, 0.2) is 11.6 Å². The molecule has 1 atom stereocenters. The van der Waals surface area contributed by atoms with Gasteiger partial charge in [0.2, 0.25) is 0 Å². The maximum Gasteiger partial charge on any atom is 0.0166 e. The van der Waals surface area contributed by atoms with Crippen molar-refractivity contribution in [3.8, 4) is 0 Å². The molecule has 0 bridgehead atoms. The normalized spacial score (nSPS) is 21.9. The standard InChI is InChI=1S/C12H24N2/c1-10(13)9-14-7-5-11(6-8-14)12(2,3)4/h5,10H,6-9,13H2,1-4H3/t10-/m1/s1. The van der Waals surface area contributed by atoms with Crippen molar-refractivity contribution in [1.82, 2.24) is 4.90 Å². The Morgan fingerprint density at radius 3 is 2.50 bits per heavy atom. The number of nitrogens with two attached hydrogens (primary N) is 1. The Morgan fingerprint density at radius 2 is 2.14 bits per heavy atom. The van der Waals surface area contributed by atoms with Crippen LogP contribution in [0.4, 0.5) is 0 Å². The molecule has 2 N–H and O–H groups in total. The van der Waals surface area contributed by atoms with Crippen molar-refractivity contribution in [3.63, 3.8) is 0 Å². The molecule has 0 radical (unpaired) electrons. The van der Waals surface area contributed by atoms with Crippen LogP contribution >= 0.6 is 0 Å². The molecule has 0 fully saturated rings. The molecule has 1 aliphatic heterocycles. The van der Waals surface area contributed by atoms with Gasteiger partial charge in [0.1, 0.15) is 0 Å². The van der Waals surface area contributed by atoms with E-state index in [0.29, 0.717) is 11.5 Å². The molecule has 1 aliphatic rings. The van der Waals surface area contributed by atoms with Gasteiger partial charge in [0.05, 0.1) is 0 Å². The Hall–Kier alpha value is -0.340. The van der Waals surface area contributed by atoms with E-state index >= 15 is 0 Å². The summed E-state index contributed by atoms with van der Waals surface area (Å²) in [5.74, 6) is 0. The molecular formula is C12H24N2. The Kier molecular flexibility index (Phi) is 3.73. The minimum Gasteiger partial charge on any atom is -0.327 e. The lowest BCUT2D eigenvalue weighted by molar-refractivity contribution is 0.267. The zero-order chi connectivity index (χ0) is 10.8. The summed E-state index contributed by atoms with van der Waals surface area (Å²) < 4.78 is 0. The summed E-state index contributed by atoms with van der Waals surface area (Å²) in [5, 5.41) is 0. The highest BCUT2D eigenvalue weighted by Crippen LogP contribution is 2.29. The summed E-state index contributed by atoms with van der Waals surface area (Å²) in [6.07, 6.45) is 3.59. The summed E-state index contributed by atoms with van der Waals surface area (Å²) in [6.45, 7) is 12.2. The molecule has 0 saturated heterocycles. The number of hydrogen-bond acceptors (Lipinski definition) is 2. The molecule has 1 heterocycles. The van der Waals surface area contributed by atoms with Crippen molar-refractivity contribution >= 4 is 0 Å². The topological polar surface area (TPSA) is 29.3 Å². The van der Waals surface area contributed by atoms with Crippen molar-refractivity contribution in [2.75, 3.05) is 19.6 Å².